The molecular weight excluding hydrogens is 283 g/mol. The number of carbonyl (C=O) groups is 1. The Balaban J connectivity index is 2.18. The Morgan fingerprint density at radius 3 is 2.45 bits per heavy atom. The van der Waals surface area contributed by atoms with Crippen LogP contribution in [0, 0.1) is 5.82 Å². The number of carbonyl (C=O) groups excluding carboxylic acids is 1. The van der Waals surface area contributed by atoms with Crippen LogP contribution in [0.2, 0.25) is 0 Å². The molecule has 1 fully saturated rings. The molecule has 0 aromatic heterocycles. The maximum absolute atomic E-state index is 12.8. The van der Waals surface area contributed by atoms with Crippen LogP contribution >= 0.6 is 0 Å². The largest absolute Gasteiger partial charge is 0.343 e. The molecule has 0 aliphatic carbocycles. The molecular formula is C13H17FN2O3S. The molecule has 0 bridgehead atoms. The van der Waals surface area contributed by atoms with E-state index >= 15 is 0 Å². The third-order valence-corrected chi connectivity index (χ3v) is 5.35. The molecule has 1 aromatic carbocycles. The van der Waals surface area contributed by atoms with Crippen LogP contribution in [0.4, 0.5) is 4.39 Å². The zero-order chi connectivity index (χ0) is 14.9. The smallest absolute Gasteiger partial charge is 0.240 e. The lowest BCUT2D eigenvalue weighted by molar-refractivity contribution is -0.136. The van der Waals surface area contributed by atoms with Gasteiger partial charge in [0, 0.05) is 20.1 Å². The van der Waals surface area contributed by atoms with Crippen molar-refractivity contribution in [3.8, 4) is 0 Å². The van der Waals surface area contributed by atoms with Crippen molar-refractivity contribution in [2.45, 2.75) is 18.7 Å². The molecule has 1 aliphatic rings. The maximum Gasteiger partial charge on any atom is 0.240 e. The van der Waals surface area contributed by atoms with Gasteiger partial charge in [-0.25, -0.2) is 12.8 Å². The number of rotatable bonds is 3. The Morgan fingerprint density at radius 1 is 1.25 bits per heavy atom. The molecule has 0 N–H and O–H groups in total. The minimum absolute atomic E-state index is 0.209. The van der Waals surface area contributed by atoms with E-state index in [9.17, 15) is 17.6 Å². The van der Waals surface area contributed by atoms with E-state index in [0.29, 0.717) is 12.1 Å². The lowest BCUT2D eigenvalue weighted by Gasteiger charge is -2.36. The summed E-state index contributed by atoms with van der Waals surface area (Å²) in [4.78, 5) is 13.4. The molecule has 1 aromatic rings. The second-order valence-corrected chi connectivity index (χ2v) is 6.85. The number of amides is 1. The maximum atomic E-state index is 12.8. The highest BCUT2D eigenvalue weighted by molar-refractivity contribution is 7.88. The molecule has 1 amide bonds. The van der Waals surface area contributed by atoms with E-state index < -0.39 is 21.9 Å². The molecule has 1 aliphatic heterocycles. The third kappa shape index (κ3) is 2.99. The number of hydrogen-bond donors (Lipinski definition) is 0. The van der Waals surface area contributed by atoms with E-state index in [-0.39, 0.29) is 18.2 Å². The summed E-state index contributed by atoms with van der Waals surface area (Å²) in [6.07, 6.45) is 0. The predicted molar refractivity (Wildman–Crippen MR) is 72.8 cm³/mol. The molecule has 110 valence electrons. The highest BCUT2D eigenvalue weighted by Crippen LogP contribution is 2.18. The SMILES string of the molecule is CC1C(=O)N(C)CCN1S(=O)(=O)Cc1ccc(F)cc1. The van der Waals surface area contributed by atoms with Crippen molar-refractivity contribution in [3.05, 3.63) is 35.6 Å². The molecule has 1 atom stereocenters. The van der Waals surface area contributed by atoms with Crippen LogP contribution in [0.25, 0.3) is 0 Å². The van der Waals surface area contributed by atoms with Crippen LogP contribution in [0.1, 0.15) is 12.5 Å². The Bertz CT molecular complexity index is 601. The lowest BCUT2D eigenvalue weighted by atomic mass is 10.2. The Labute approximate surface area is 118 Å². The molecule has 0 spiro atoms. The predicted octanol–water partition coefficient (Wildman–Crippen LogP) is 0.818. The number of likely N-dealkylation sites (N-methyl/N-ethyl adjacent to an activating group) is 1. The average molecular weight is 300 g/mol. The molecule has 7 heteroatoms. The topological polar surface area (TPSA) is 57.7 Å². The van der Waals surface area contributed by atoms with Gasteiger partial charge in [-0.15, -0.1) is 0 Å². The monoisotopic (exact) mass is 300 g/mol. The fourth-order valence-electron chi connectivity index (χ4n) is 2.25. The van der Waals surface area contributed by atoms with Gasteiger partial charge in [-0.3, -0.25) is 4.79 Å². The summed E-state index contributed by atoms with van der Waals surface area (Å²) in [5, 5.41) is 0. The van der Waals surface area contributed by atoms with Gasteiger partial charge in [0.1, 0.15) is 11.9 Å². The number of piperazine rings is 1. The number of hydrogen-bond acceptors (Lipinski definition) is 3. The second kappa shape index (κ2) is 5.49. The minimum atomic E-state index is -3.59. The van der Waals surface area contributed by atoms with E-state index in [4.69, 9.17) is 0 Å². The first-order valence-corrected chi connectivity index (χ1v) is 7.91. The number of halogens is 1. The normalized spacial score (nSPS) is 21.2. The number of benzene rings is 1. The Morgan fingerprint density at radius 2 is 1.85 bits per heavy atom. The summed E-state index contributed by atoms with van der Waals surface area (Å²) in [5.74, 6) is -0.845. The molecule has 0 saturated carbocycles. The van der Waals surface area contributed by atoms with Gasteiger partial charge in [0.05, 0.1) is 5.75 Å². The summed E-state index contributed by atoms with van der Waals surface area (Å²) in [6.45, 7) is 2.25. The Hall–Kier alpha value is -1.47. The van der Waals surface area contributed by atoms with Crippen LogP contribution in [0.3, 0.4) is 0 Å². The van der Waals surface area contributed by atoms with E-state index in [2.05, 4.69) is 0 Å². The molecule has 1 unspecified atom stereocenters. The van der Waals surface area contributed by atoms with Crippen LogP contribution in [0.5, 0.6) is 0 Å². The van der Waals surface area contributed by atoms with Gasteiger partial charge >= 0.3 is 0 Å². The van der Waals surface area contributed by atoms with Crippen molar-refractivity contribution in [1.82, 2.24) is 9.21 Å². The van der Waals surface area contributed by atoms with E-state index in [1.54, 1.807) is 14.0 Å². The van der Waals surface area contributed by atoms with E-state index in [1.165, 1.54) is 33.5 Å². The quantitative estimate of drug-likeness (QED) is 0.830. The van der Waals surface area contributed by atoms with E-state index in [1.807, 2.05) is 0 Å². The first-order valence-electron chi connectivity index (χ1n) is 6.30. The van der Waals surface area contributed by atoms with Crippen molar-refractivity contribution >= 4 is 15.9 Å². The highest BCUT2D eigenvalue weighted by Gasteiger charge is 2.36. The van der Waals surface area contributed by atoms with E-state index in [0.717, 1.165) is 0 Å². The van der Waals surface area contributed by atoms with Crippen LogP contribution in [-0.2, 0) is 20.6 Å². The van der Waals surface area contributed by atoms with Crippen molar-refractivity contribution in [3.63, 3.8) is 0 Å². The molecule has 2 rings (SSSR count). The first kappa shape index (κ1) is 14.9. The molecule has 20 heavy (non-hydrogen) atoms. The first-order chi connectivity index (χ1) is 9.31. The van der Waals surface area contributed by atoms with Crippen molar-refractivity contribution in [2.75, 3.05) is 20.1 Å². The number of sulfonamides is 1. The molecule has 1 heterocycles. The summed E-state index contributed by atoms with van der Waals surface area (Å²) in [6, 6.07) is 4.64. The van der Waals surface area contributed by atoms with Crippen LogP contribution in [-0.4, -0.2) is 49.7 Å². The van der Waals surface area contributed by atoms with Crippen LogP contribution < -0.4 is 0 Å². The third-order valence-electron chi connectivity index (χ3n) is 3.44. The molecule has 1 saturated heterocycles. The van der Waals surface area contributed by atoms with Crippen molar-refractivity contribution in [2.24, 2.45) is 0 Å². The van der Waals surface area contributed by atoms with Gasteiger partial charge in [0.25, 0.3) is 0 Å². The highest BCUT2D eigenvalue weighted by atomic mass is 32.2. The zero-order valence-electron chi connectivity index (χ0n) is 11.4. The Kier molecular flexibility index (Phi) is 4.10. The van der Waals surface area contributed by atoms with Crippen molar-refractivity contribution in [1.29, 1.82) is 0 Å². The number of nitrogens with zero attached hydrogens (tertiary/aromatic N) is 2. The summed E-state index contributed by atoms with van der Waals surface area (Å²) >= 11 is 0. The van der Waals surface area contributed by atoms with Crippen LogP contribution in [0.15, 0.2) is 24.3 Å². The summed E-state index contributed by atoms with van der Waals surface area (Å²) in [5.41, 5.74) is 0.505. The van der Waals surface area contributed by atoms with Gasteiger partial charge in [0.2, 0.25) is 15.9 Å². The summed E-state index contributed by atoms with van der Waals surface area (Å²) in [7, 11) is -1.94. The average Bonchev–Trinajstić information content (AvgIpc) is 2.38. The minimum Gasteiger partial charge on any atom is -0.343 e. The standard InChI is InChI=1S/C13H17FN2O3S/c1-10-13(17)15(2)7-8-16(10)20(18,19)9-11-3-5-12(14)6-4-11/h3-6,10H,7-9H2,1-2H3. The molecule has 0 radical (unpaired) electrons. The lowest BCUT2D eigenvalue weighted by Crippen LogP contribution is -2.56. The van der Waals surface area contributed by atoms with Gasteiger partial charge in [0.15, 0.2) is 0 Å². The fraction of sp³-hybridized carbons (Fsp3) is 0.462. The van der Waals surface area contributed by atoms with Gasteiger partial charge in [-0.1, -0.05) is 12.1 Å². The molecule has 5 nitrogen and oxygen atoms in total. The van der Waals surface area contributed by atoms with Gasteiger partial charge < -0.3 is 4.90 Å². The van der Waals surface area contributed by atoms with Gasteiger partial charge in [-0.2, -0.15) is 4.31 Å². The van der Waals surface area contributed by atoms with Crippen molar-refractivity contribution < 1.29 is 17.6 Å². The fourth-order valence-corrected chi connectivity index (χ4v) is 3.96. The second-order valence-electron chi connectivity index (χ2n) is 4.93. The zero-order valence-corrected chi connectivity index (χ0v) is 12.2. The summed E-state index contributed by atoms with van der Waals surface area (Å²) < 4.78 is 38.8. The van der Waals surface area contributed by atoms with Gasteiger partial charge in [-0.05, 0) is 24.6 Å².